The second-order valence-electron chi connectivity index (χ2n) is 8.61. The molecule has 1 unspecified atom stereocenters. The van der Waals surface area contributed by atoms with Crippen molar-refractivity contribution in [1.82, 2.24) is 10.2 Å². The first-order valence-electron chi connectivity index (χ1n) is 12.4. The maximum Gasteiger partial charge on any atom is 0.264 e. The van der Waals surface area contributed by atoms with E-state index < -0.39 is 34.3 Å². The second-order valence-corrected chi connectivity index (χ2v) is 11.4. The van der Waals surface area contributed by atoms with E-state index in [0.717, 1.165) is 26.5 Å². The quantitative estimate of drug-likeness (QED) is 0.316. The molecular weight excluding hydrogens is 589 g/mol. The third-order valence-corrected chi connectivity index (χ3v) is 8.16. The van der Waals surface area contributed by atoms with Gasteiger partial charge in [-0.05, 0) is 87.0 Å². The van der Waals surface area contributed by atoms with Crippen LogP contribution in [0.1, 0.15) is 26.3 Å². The van der Waals surface area contributed by atoms with Crippen LogP contribution in [0.3, 0.4) is 0 Å². The van der Waals surface area contributed by atoms with Gasteiger partial charge in [0.05, 0.1) is 17.2 Å². The van der Waals surface area contributed by atoms with E-state index in [9.17, 15) is 22.4 Å². The van der Waals surface area contributed by atoms with Crippen molar-refractivity contribution in [1.29, 1.82) is 0 Å². The molecular formula is C28H31BrFN3O5S. The van der Waals surface area contributed by atoms with Crippen LogP contribution in [-0.2, 0) is 26.2 Å². The molecule has 0 aliphatic rings. The first kappa shape index (κ1) is 30.1. The Hall–Kier alpha value is -3.44. The Labute approximate surface area is 236 Å². The van der Waals surface area contributed by atoms with Crippen LogP contribution in [0.25, 0.3) is 0 Å². The zero-order chi connectivity index (χ0) is 28.6. The molecule has 0 spiro atoms. The Kier molecular flexibility index (Phi) is 10.5. The van der Waals surface area contributed by atoms with Gasteiger partial charge in [0.15, 0.2) is 0 Å². The van der Waals surface area contributed by atoms with Crippen molar-refractivity contribution in [3.05, 3.63) is 88.6 Å². The van der Waals surface area contributed by atoms with Crippen molar-refractivity contribution in [2.45, 2.75) is 38.3 Å². The lowest BCUT2D eigenvalue weighted by molar-refractivity contribution is -0.139. The van der Waals surface area contributed by atoms with Gasteiger partial charge in [-0.3, -0.25) is 13.9 Å². The molecule has 0 aliphatic carbocycles. The van der Waals surface area contributed by atoms with Crippen molar-refractivity contribution in [3.63, 3.8) is 0 Å². The van der Waals surface area contributed by atoms with Crippen LogP contribution in [0.2, 0.25) is 0 Å². The lowest BCUT2D eigenvalue weighted by atomic mass is 10.1. The molecule has 8 nitrogen and oxygen atoms in total. The summed E-state index contributed by atoms with van der Waals surface area (Å²) in [4.78, 5) is 27.8. The molecule has 0 bridgehead atoms. The van der Waals surface area contributed by atoms with Gasteiger partial charge in [0.1, 0.15) is 24.2 Å². The first-order valence-corrected chi connectivity index (χ1v) is 14.6. The molecule has 0 radical (unpaired) electrons. The first-order chi connectivity index (χ1) is 18.6. The van der Waals surface area contributed by atoms with Crippen LogP contribution in [0.4, 0.5) is 10.1 Å². The molecule has 0 saturated carbocycles. The zero-order valence-corrected chi connectivity index (χ0v) is 24.3. The number of amides is 2. The average Bonchev–Trinajstić information content (AvgIpc) is 2.91. The molecule has 0 aromatic heterocycles. The molecule has 2 amide bonds. The summed E-state index contributed by atoms with van der Waals surface area (Å²) >= 11 is 3.41. The number of ether oxygens (including phenoxy) is 1. The van der Waals surface area contributed by atoms with Gasteiger partial charge in [0, 0.05) is 17.6 Å². The Balaban J connectivity index is 2.01. The van der Waals surface area contributed by atoms with E-state index in [-0.39, 0.29) is 23.0 Å². The van der Waals surface area contributed by atoms with E-state index >= 15 is 0 Å². The zero-order valence-electron chi connectivity index (χ0n) is 21.9. The van der Waals surface area contributed by atoms with Crippen molar-refractivity contribution in [2.75, 3.05) is 24.0 Å². The summed E-state index contributed by atoms with van der Waals surface area (Å²) in [5.41, 5.74) is 0.850. The Morgan fingerprint density at radius 1 is 1.03 bits per heavy atom. The number of likely N-dealkylation sites (N-methyl/N-ethyl adjacent to an activating group) is 1. The lowest BCUT2D eigenvalue weighted by Gasteiger charge is -2.32. The number of carbonyl (C=O) groups excluding carboxylic acids is 2. The molecule has 0 fully saturated rings. The number of hydrogen-bond donors (Lipinski definition) is 1. The molecule has 0 saturated heterocycles. The molecule has 1 N–H and O–H groups in total. The van der Waals surface area contributed by atoms with Gasteiger partial charge in [0.25, 0.3) is 10.0 Å². The maximum absolute atomic E-state index is 13.8. The fourth-order valence-electron chi connectivity index (χ4n) is 3.87. The third-order valence-electron chi connectivity index (χ3n) is 5.88. The van der Waals surface area contributed by atoms with E-state index in [1.54, 1.807) is 19.9 Å². The minimum absolute atomic E-state index is 0.0664. The van der Waals surface area contributed by atoms with Gasteiger partial charge in [-0.1, -0.05) is 28.1 Å². The molecule has 3 aromatic carbocycles. The van der Waals surface area contributed by atoms with Crippen LogP contribution >= 0.6 is 15.9 Å². The molecule has 3 rings (SSSR count). The predicted octanol–water partition coefficient (Wildman–Crippen LogP) is 4.74. The van der Waals surface area contributed by atoms with E-state index in [2.05, 4.69) is 21.2 Å². The number of nitrogens with one attached hydrogen (secondary N) is 1. The topological polar surface area (TPSA) is 96.0 Å². The Bertz CT molecular complexity index is 1390. The van der Waals surface area contributed by atoms with E-state index in [1.807, 2.05) is 25.1 Å². The summed E-state index contributed by atoms with van der Waals surface area (Å²) in [6.45, 7) is 5.41. The number of benzene rings is 3. The van der Waals surface area contributed by atoms with Gasteiger partial charge in [-0.25, -0.2) is 12.8 Å². The van der Waals surface area contributed by atoms with Crippen molar-refractivity contribution < 1.29 is 27.1 Å². The monoisotopic (exact) mass is 619 g/mol. The van der Waals surface area contributed by atoms with Crippen LogP contribution in [0.15, 0.2) is 82.2 Å². The van der Waals surface area contributed by atoms with Gasteiger partial charge >= 0.3 is 0 Å². The van der Waals surface area contributed by atoms with E-state index in [0.29, 0.717) is 18.9 Å². The van der Waals surface area contributed by atoms with Crippen molar-refractivity contribution >= 4 is 43.5 Å². The number of nitrogens with zero attached hydrogens (tertiary/aromatic N) is 2. The van der Waals surface area contributed by atoms with Crippen molar-refractivity contribution in [2.24, 2.45) is 0 Å². The molecule has 1 atom stereocenters. The number of hydrogen-bond acceptors (Lipinski definition) is 5. The predicted molar refractivity (Wildman–Crippen MR) is 151 cm³/mol. The standard InChI is InChI=1S/C28H31BrFN3O5S/c1-4-31-28(35)20(3)32(18-21-7-6-8-22(29)17-21)27(34)19-33(24-11-9-23(30)10-12-24)39(36,37)26-15-13-25(14-16-26)38-5-2/h6-17,20H,4-5,18-19H2,1-3H3,(H,31,35). The normalized spacial score (nSPS) is 11.9. The van der Waals surface area contributed by atoms with Crippen molar-refractivity contribution in [3.8, 4) is 5.75 Å². The third kappa shape index (κ3) is 7.79. The van der Waals surface area contributed by atoms with Gasteiger partial charge in [-0.2, -0.15) is 0 Å². The summed E-state index contributed by atoms with van der Waals surface area (Å²) in [6.07, 6.45) is 0. The minimum Gasteiger partial charge on any atom is -0.494 e. The number of halogens is 2. The number of carbonyl (C=O) groups is 2. The fraction of sp³-hybridized carbons (Fsp3) is 0.286. The number of sulfonamides is 1. The highest BCUT2D eigenvalue weighted by Gasteiger charge is 2.32. The highest BCUT2D eigenvalue weighted by molar-refractivity contribution is 9.10. The van der Waals surface area contributed by atoms with E-state index in [4.69, 9.17) is 4.74 Å². The highest BCUT2D eigenvalue weighted by Crippen LogP contribution is 2.26. The van der Waals surface area contributed by atoms with Crippen LogP contribution in [-0.4, -0.2) is 50.9 Å². The molecule has 3 aromatic rings. The largest absolute Gasteiger partial charge is 0.494 e. The van der Waals surface area contributed by atoms with Gasteiger partial charge in [-0.15, -0.1) is 0 Å². The number of anilines is 1. The Morgan fingerprint density at radius 3 is 2.28 bits per heavy atom. The minimum atomic E-state index is -4.26. The average molecular weight is 621 g/mol. The Morgan fingerprint density at radius 2 is 1.69 bits per heavy atom. The SMILES string of the molecule is CCNC(=O)C(C)N(Cc1cccc(Br)c1)C(=O)CN(c1ccc(F)cc1)S(=O)(=O)c1ccc(OCC)cc1. The number of rotatable bonds is 12. The summed E-state index contributed by atoms with van der Waals surface area (Å²) in [6, 6.07) is 17.0. The maximum atomic E-state index is 13.8. The van der Waals surface area contributed by atoms with Crippen LogP contribution in [0, 0.1) is 5.82 Å². The van der Waals surface area contributed by atoms with E-state index in [1.165, 1.54) is 41.3 Å². The molecule has 39 heavy (non-hydrogen) atoms. The fourth-order valence-corrected chi connectivity index (χ4v) is 5.74. The lowest BCUT2D eigenvalue weighted by Crippen LogP contribution is -2.51. The van der Waals surface area contributed by atoms with Crippen LogP contribution < -0.4 is 14.4 Å². The summed E-state index contributed by atoms with van der Waals surface area (Å²) in [5.74, 6) is -1.03. The molecule has 0 aliphatic heterocycles. The highest BCUT2D eigenvalue weighted by atomic mass is 79.9. The second kappa shape index (κ2) is 13.6. The summed E-state index contributed by atoms with van der Waals surface area (Å²) in [7, 11) is -4.26. The van der Waals surface area contributed by atoms with Gasteiger partial charge in [0.2, 0.25) is 11.8 Å². The summed E-state index contributed by atoms with van der Waals surface area (Å²) < 4.78 is 48.4. The summed E-state index contributed by atoms with van der Waals surface area (Å²) in [5, 5.41) is 2.71. The molecule has 208 valence electrons. The molecule has 0 heterocycles. The smallest absolute Gasteiger partial charge is 0.264 e. The van der Waals surface area contributed by atoms with Crippen LogP contribution in [0.5, 0.6) is 5.75 Å². The molecule has 11 heteroatoms. The van der Waals surface area contributed by atoms with Gasteiger partial charge < -0.3 is 15.0 Å².